The van der Waals surface area contributed by atoms with E-state index in [1.807, 2.05) is 17.0 Å². The van der Waals surface area contributed by atoms with Gasteiger partial charge in [0.25, 0.3) is 0 Å². The molecule has 8 nitrogen and oxygen atoms in total. The summed E-state index contributed by atoms with van der Waals surface area (Å²) in [5.74, 6) is 0.0784. The molecule has 3 amide bonds. The molecule has 0 bridgehead atoms. The smallest absolute Gasteiger partial charge is 0.321 e. The van der Waals surface area contributed by atoms with Crippen molar-refractivity contribution in [3.8, 4) is 11.3 Å². The first-order valence-corrected chi connectivity index (χ1v) is 11.4. The molecule has 2 fully saturated rings. The van der Waals surface area contributed by atoms with Crippen molar-refractivity contribution in [2.24, 2.45) is 0 Å². The van der Waals surface area contributed by atoms with Gasteiger partial charge in [-0.2, -0.15) is 0 Å². The summed E-state index contributed by atoms with van der Waals surface area (Å²) in [6.45, 7) is 8.81. The molecule has 172 valence electrons. The van der Waals surface area contributed by atoms with E-state index in [-0.39, 0.29) is 18.0 Å². The van der Waals surface area contributed by atoms with E-state index in [4.69, 9.17) is 9.72 Å². The molecule has 0 saturated carbocycles. The van der Waals surface area contributed by atoms with Crippen molar-refractivity contribution in [2.75, 3.05) is 37.7 Å². The lowest BCUT2D eigenvalue weighted by molar-refractivity contribution is -0.136. The van der Waals surface area contributed by atoms with Crippen LogP contribution in [0, 0.1) is 13.8 Å². The molecule has 0 aliphatic carbocycles. The second-order valence-electron chi connectivity index (χ2n) is 8.88. The van der Waals surface area contributed by atoms with Gasteiger partial charge in [0.05, 0.1) is 24.1 Å². The number of amides is 3. The molecular weight excluding hydrogens is 418 g/mol. The number of urea groups is 1. The van der Waals surface area contributed by atoms with Crippen molar-refractivity contribution in [3.05, 3.63) is 53.3 Å². The molecule has 2 aliphatic heterocycles. The number of anilines is 1. The van der Waals surface area contributed by atoms with Crippen molar-refractivity contribution in [1.82, 2.24) is 19.6 Å². The monoisotopic (exact) mass is 447 g/mol. The summed E-state index contributed by atoms with van der Waals surface area (Å²) in [6.07, 6.45) is 2.62. The first kappa shape index (κ1) is 21.5. The molecule has 33 heavy (non-hydrogen) atoms. The van der Waals surface area contributed by atoms with Crippen molar-refractivity contribution in [1.29, 1.82) is 0 Å². The zero-order chi connectivity index (χ0) is 23.1. The van der Waals surface area contributed by atoms with Crippen molar-refractivity contribution >= 4 is 23.3 Å². The highest BCUT2D eigenvalue weighted by molar-refractivity contribution is 5.94. The topological polar surface area (TPSA) is 79.2 Å². The Hall–Kier alpha value is -3.39. The normalized spacial score (nSPS) is 18.8. The number of nitrogens with zero attached hydrogens (tertiary/aromatic N) is 4. The number of carbonyl (C=O) groups is 2. The number of rotatable bonds is 4. The van der Waals surface area contributed by atoms with Gasteiger partial charge in [0.15, 0.2) is 0 Å². The highest BCUT2D eigenvalue weighted by Gasteiger charge is 2.27. The van der Waals surface area contributed by atoms with E-state index >= 15 is 0 Å². The first-order valence-electron chi connectivity index (χ1n) is 11.4. The van der Waals surface area contributed by atoms with Crippen LogP contribution in [0.2, 0.25) is 0 Å². The quantitative estimate of drug-likeness (QED) is 0.667. The predicted molar refractivity (Wildman–Crippen MR) is 127 cm³/mol. The van der Waals surface area contributed by atoms with Crippen LogP contribution in [-0.4, -0.2) is 65.1 Å². The van der Waals surface area contributed by atoms with Crippen LogP contribution in [0.4, 0.5) is 10.5 Å². The van der Waals surface area contributed by atoms with Gasteiger partial charge in [0.1, 0.15) is 5.65 Å². The molecule has 1 N–H and O–H groups in total. The van der Waals surface area contributed by atoms with Crippen LogP contribution < -0.4 is 10.2 Å². The molecule has 2 aromatic heterocycles. The number of aromatic nitrogens is 2. The molecule has 1 atom stereocenters. The van der Waals surface area contributed by atoms with Crippen LogP contribution in [-0.2, 0) is 16.0 Å². The van der Waals surface area contributed by atoms with Crippen LogP contribution in [0.1, 0.15) is 23.7 Å². The minimum absolute atomic E-state index is 0.0597. The summed E-state index contributed by atoms with van der Waals surface area (Å²) < 4.78 is 8.16. The fourth-order valence-corrected chi connectivity index (χ4v) is 4.75. The van der Waals surface area contributed by atoms with Gasteiger partial charge in [-0.15, -0.1) is 0 Å². The number of imidazole rings is 1. The molecule has 3 aromatic rings. The van der Waals surface area contributed by atoms with Gasteiger partial charge in [-0.3, -0.25) is 9.69 Å². The summed E-state index contributed by atoms with van der Waals surface area (Å²) in [5.41, 5.74) is 7.00. The van der Waals surface area contributed by atoms with E-state index in [0.29, 0.717) is 39.2 Å². The number of ether oxygens (including phenoxy) is 1. The summed E-state index contributed by atoms with van der Waals surface area (Å²) in [6, 6.07) is 10.2. The lowest BCUT2D eigenvalue weighted by Crippen LogP contribution is -2.45. The Kier molecular flexibility index (Phi) is 5.54. The second kappa shape index (κ2) is 8.51. The zero-order valence-electron chi connectivity index (χ0n) is 19.3. The standard InChI is InChI=1S/C25H29N5O3/c1-16-6-8-30-22(14-20-15-28(18(3)31)10-11-33-20)24(27-23(30)12-16)21-5-4-19(13-17(21)2)29-9-7-26-25(29)32/h4-6,8,12-13,20H,7,9-11,14-15H2,1-3H3,(H,26,32)/t20-/m0/s1. The van der Waals surface area contributed by atoms with Gasteiger partial charge >= 0.3 is 6.03 Å². The Labute approximate surface area is 193 Å². The molecule has 0 unspecified atom stereocenters. The van der Waals surface area contributed by atoms with E-state index in [9.17, 15) is 9.59 Å². The van der Waals surface area contributed by atoms with Gasteiger partial charge in [0, 0.05) is 57.0 Å². The Balaban J connectivity index is 1.54. The van der Waals surface area contributed by atoms with Crippen LogP contribution in [0.3, 0.4) is 0 Å². The fourth-order valence-electron chi connectivity index (χ4n) is 4.75. The van der Waals surface area contributed by atoms with Crippen molar-refractivity contribution < 1.29 is 14.3 Å². The van der Waals surface area contributed by atoms with E-state index < -0.39 is 0 Å². The zero-order valence-corrected chi connectivity index (χ0v) is 19.3. The third kappa shape index (κ3) is 4.06. The first-order chi connectivity index (χ1) is 15.9. The largest absolute Gasteiger partial charge is 0.374 e. The molecule has 1 aromatic carbocycles. The number of hydrogen-bond acceptors (Lipinski definition) is 4. The molecule has 0 radical (unpaired) electrons. The molecular formula is C25H29N5O3. The molecule has 4 heterocycles. The summed E-state index contributed by atoms with van der Waals surface area (Å²) in [7, 11) is 0. The number of nitrogens with one attached hydrogen (secondary N) is 1. The lowest BCUT2D eigenvalue weighted by atomic mass is 10.0. The summed E-state index contributed by atoms with van der Waals surface area (Å²) >= 11 is 0. The number of carbonyl (C=O) groups excluding carboxylic acids is 2. The molecule has 2 saturated heterocycles. The molecule has 8 heteroatoms. The number of pyridine rings is 1. The van der Waals surface area contributed by atoms with Crippen LogP contribution in [0.5, 0.6) is 0 Å². The Bertz CT molecular complexity index is 1230. The molecule has 5 rings (SSSR count). The highest BCUT2D eigenvalue weighted by Crippen LogP contribution is 2.32. The predicted octanol–water partition coefficient (Wildman–Crippen LogP) is 2.94. The maximum absolute atomic E-state index is 12.1. The minimum Gasteiger partial charge on any atom is -0.374 e. The average molecular weight is 448 g/mol. The fraction of sp³-hybridized carbons (Fsp3) is 0.400. The number of hydrogen-bond donors (Lipinski definition) is 1. The molecule has 2 aliphatic rings. The maximum Gasteiger partial charge on any atom is 0.321 e. The Morgan fingerprint density at radius 2 is 2.06 bits per heavy atom. The van der Waals surface area contributed by atoms with Crippen molar-refractivity contribution in [3.63, 3.8) is 0 Å². The van der Waals surface area contributed by atoms with Crippen LogP contribution in [0.25, 0.3) is 16.9 Å². The lowest BCUT2D eigenvalue weighted by Gasteiger charge is -2.32. The third-order valence-corrected chi connectivity index (χ3v) is 6.52. The third-order valence-electron chi connectivity index (χ3n) is 6.52. The summed E-state index contributed by atoms with van der Waals surface area (Å²) in [4.78, 5) is 32.6. The van der Waals surface area contributed by atoms with Gasteiger partial charge in [-0.05, 0) is 49.2 Å². The summed E-state index contributed by atoms with van der Waals surface area (Å²) in [5, 5.41) is 2.85. The van der Waals surface area contributed by atoms with E-state index in [1.165, 1.54) is 0 Å². The van der Waals surface area contributed by atoms with Gasteiger partial charge in [0.2, 0.25) is 5.91 Å². The van der Waals surface area contributed by atoms with Crippen molar-refractivity contribution in [2.45, 2.75) is 33.3 Å². The highest BCUT2D eigenvalue weighted by atomic mass is 16.5. The van der Waals surface area contributed by atoms with Gasteiger partial charge in [-0.25, -0.2) is 9.78 Å². The second-order valence-corrected chi connectivity index (χ2v) is 8.88. The number of benzene rings is 1. The number of aryl methyl sites for hydroxylation is 2. The SMILES string of the molecule is CC(=O)N1CCO[C@@H](Cc2c(-c3ccc(N4CCNC4=O)cc3C)nc3cc(C)ccn23)C1. The Morgan fingerprint density at radius 3 is 2.79 bits per heavy atom. The van der Waals surface area contributed by atoms with E-state index in [1.54, 1.807) is 11.8 Å². The van der Waals surface area contributed by atoms with Crippen LogP contribution >= 0.6 is 0 Å². The maximum atomic E-state index is 12.1. The number of morpholine rings is 1. The number of fused-ring (bicyclic) bond motifs is 1. The van der Waals surface area contributed by atoms with Gasteiger partial charge in [-0.1, -0.05) is 6.07 Å². The average Bonchev–Trinajstić information content (AvgIpc) is 3.37. The van der Waals surface area contributed by atoms with E-state index in [0.717, 1.165) is 39.4 Å². The Morgan fingerprint density at radius 1 is 1.21 bits per heavy atom. The van der Waals surface area contributed by atoms with Crippen LogP contribution in [0.15, 0.2) is 36.5 Å². The van der Waals surface area contributed by atoms with E-state index in [2.05, 4.69) is 48.0 Å². The van der Waals surface area contributed by atoms with Gasteiger partial charge < -0.3 is 19.4 Å². The molecule has 0 spiro atoms. The minimum atomic E-state index is -0.0875.